The van der Waals surface area contributed by atoms with E-state index in [1.165, 1.54) is 0 Å². The molecule has 0 saturated heterocycles. The molecule has 0 aromatic heterocycles. The van der Waals surface area contributed by atoms with Crippen LogP contribution in [-0.2, 0) is 0 Å². The molecule has 2 aromatic rings. The van der Waals surface area contributed by atoms with Crippen LogP contribution in [0.1, 0.15) is 10.4 Å². The minimum atomic E-state index is -0.123. The number of hydrazine groups is 1. The number of para-hydroxylation sites is 1. The summed E-state index contributed by atoms with van der Waals surface area (Å²) >= 11 is 0. The number of rotatable bonds is 4. The third-order valence-electron chi connectivity index (χ3n) is 3.06. The van der Waals surface area contributed by atoms with Crippen molar-refractivity contribution in [3.8, 4) is 0 Å². The SMILES string of the molecule is CN(C)c1ccc(C(=O)NN(C)c2ccccc2)cc1. The van der Waals surface area contributed by atoms with Crippen LogP contribution >= 0.6 is 0 Å². The first-order valence-electron chi connectivity index (χ1n) is 6.45. The molecule has 0 radical (unpaired) electrons. The summed E-state index contributed by atoms with van der Waals surface area (Å²) in [7, 11) is 5.76. The Morgan fingerprint density at radius 3 is 2.00 bits per heavy atom. The number of anilines is 2. The van der Waals surface area contributed by atoms with Crippen molar-refractivity contribution in [2.24, 2.45) is 0 Å². The number of amides is 1. The van der Waals surface area contributed by atoms with E-state index in [1.807, 2.05) is 80.6 Å². The quantitative estimate of drug-likeness (QED) is 0.866. The van der Waals surface area contributed by atoms with Crippen molar-refractivity contribution in [1.29, 1.82) is 0 Å². The summed E-state index contributed by atoms with van der Waals surface area (Å²) in [6.45, 7) is 0. The van der Waals surface area contributed by atoms with E-state index in [1.54, 1.807) is 5.01 Å². The fraction of sp³-hybridized carbons (Fsp3) is 0.188. The average Bonchev–Trinajstić information content (AvgIpc) is 2.48. The molecule has 0 spiro atoms. The lowest BCUT2D eigenvalue weighted by Gasteiger charge is -2.20. The minimum absolute atomic E-state index is 0.123. The molecule has 1 N–H and O–H groups in total. The molecule has 0 unspecified atom stereocenters. The summed E-state index contributed by atoms with van der Waals surface area (Å²) in [6, 6.07) is 17.2. The van der Waals surface area contributed by atoms with Gasteiger partial charge in [-0.25, -0.2) is 0 Å². The molecular formula is C16H19N3O. The molecule has 4 heteroatoms. The van der Waals surface area contributed by atoms with Gasteiger partial charge in [-0.15, -0.1) is 0 Å². The highest BCUT2D eigenvalue weighted by Crippen LogP contribution is 2.13. The first kappa shape index (κ1) is 13.9. The van der Waals surface area contributed by atoms with Crippen LogP contribution in [0.3, 0.4) is 0 Å². The van der Waals surface area contributed by atoms with Crippen molar-refractivity contribution in [2.75, 3.05) is 31.1 Å². The van der Waals surface area contributed by atoms with Crippen LogP contribution in [0, 0.1) is 0 Å². The smallest absolute Gasteiger partial charge is 0.269 e. The largest absolute Gasteiger partial charge is 0.378 e. The molecule has 0 atom stereocenters. The van der Waals surface area contributed by atoms with E-state index in [4.69, 9.17) is 0 Å². The highest BCUT2D eigenvalue weighted by Gasteiger charge is 2.08. The Kier molecular flexibility index (Phi) is 4.25. The summed E-state index contributed by atoms with van der Waals surface area (Å²) < 4.78 is 0. The van der Waals surface area contributed by atoms with Crippen molar-refractivity contribution in [3.63, 3.8) is 0 Å². The van der Waals surface area contributed by atoms with Crippen LogP contribution in [0.5, 0.6) is 0 Å². The number of benzene rings is 2. The molecule has 4 nitrogen and oxygen atoms in total. The van der Waals surface area contributed by atoms with Gasteiger partial charge in [0.2, 0.25) is 0 Å². The van der Waals surface area contributed by atoms with E-state index in [2.05, 4.69) is 5.43 Å². The van der Waals surface area contributed by atoms with Gasteiger partial charge >= 0.3 is 0 Å². The molecular weight excluding hydrogens is 250 g/mol. The average molecular weight is 269 g/mol. The summed E-state index contributed by atoms with van der Waals surface area (Å²) in [5.41, 5.74) is 5.48. The highest BCUT2D eigenvalue weighted by atomic mass is 16.2. The fourth-order valence-electron chi connectivity index (χ4n) is 1.84. The molecule has 104 valence electrons. The zero-order chi connectivity index (χ0) is 14.5. The second-order valence-electron chi connectivity index (χ2n) is 4.78. The molecule has 0 bridgehead atoms. The first-order valence-corrected chi connectivity index (χ1v) is 6.45. The van der Waals surface area contributed by atoms with Gasteiger partial charge in [0, 0.05) is 32.4 Å². The molecule has 2 rings (SSSR count). The van der Waals surface area contributed by atoms with Gasteiger partial charge in [-0.05, 0) is 36.4 Å². The third-order valence-corrected chi connectivity index (χ3v) is 3.06. The van der Waals surface area contributed by atoms with Gasteiger partial charge in [0.25, 0.3) is 5.91 Å². The van der Waals surface area contributed by atoms with Crippen molar-refractivity contribution in [1.82, 2.24) is 5.43 Å². The van der Waals surface area contributed by atoms with Crippen LogP contribution in [0.15, 0.2) is 54.6 Å². The maximum atomic E-state index is 12.1. The van der Waals surface area contributed by atoms with E-state index in [0.717, 1.165) is 11.4 Å². The van der Waals surface area contributed by atoms with Gasteiger partial charge < -0.3 is 4.90 Å². The molecule has 0 fully saturated rings. The van der Waals surface area contributed by atoms with E-state index < -0.39 is 0 Å². The van der Waals surface area contributed by atoms with Gasteiger partial charge in [-0.3, -0.25) is 15.2 Å². The number of carbonyl (C=O) groups excluding carboxylic acids is 1. The maximum absolute atomic E-state index is 12.1. The number of nitrogens with one attached hydrogen (secondary N) is 1. The van der Waals surface area contributed by atoms with Crippen LogP contribution in [0.25, 0.3) is 0 Å². The third kappa shape index (κ3) is 3.29. The normalized spacial score (nSPS) is 9.95. The molecule has 20 heavy (non-hydrogen) atoms. The topological polar surface area (TPSA) is 35.6 Å². The number of carbonyl (C=O) groups is 1. The number of hydrogen-bond acceptors (Lipinski definition) is 3. The van der Waals surface area contributed by atoms with Gasteiger partial charge in [0.05, 0.1) is 5.69 Å². The van der Waals surface area contributed by atoms with E-state index in [0.29, 0.717) is 5.56 Å². The highest BCUT2D eigenvalue weighted by molar-refractivity contribution is 5.95. The summed E-state index contributed by atoms with van der Waals surface area (Å²) in [5.74, 6) is -0.123. The molecule has 0 aliphatic rings. The molecule has 1 amide bonds. The zero-order valence-corrected chi connectivity index (χ0v) is 12.0. The predicted octanol–water partition coefficient (Wildman–Crippen LogP) is 2.53. The molecule has 0 aliphatic carbocycles. The Morgan fingerprint density at radius 2 is 1.45 bits per heavy atom. The Balaban J connectivity index is 2.05. The van der Waals surface area contributed by atoms with E-state index in [9.17, 15) is 4.79 Å². The Bertz CT molecular complexity index is 564. The van der Waals surface area contributed by atoms with Gasteiger partial charge in [-0.1, -0.05) is 18.2 Å². The zero-order valence-electron chi connectivity index (χ0n) is 12.0. The summed E-state index contributed by atoms with van der Waals surface area (Å²) in [4.78, 5) is 14.1. The van der Waals surface area contributed by atoms with Crippen LogP contribution in [-0.4, -0.2) is 27.1 Å². The van der Waals surface area contributed by atoms with Crippen molar-refractivity contribution in [2.45, 2.75) is 0 Å². The van der Waals surface area contributed by atoms with E-state index >= 15 is 0 Å². The van der Waals surface area contributed by atoms with Gasteiger partial charge in [0.15, 0.2) is 0 Å². The number of hydrogen-bond donors (Lipinski definition) is 1. The van der Waals surface area contributed by atoms with Crippen LogP contribution in [0.4, 0.5) is 11.4 Å². The summed E-state index contributed by atoms with van der Waals surface area (Å²) in [5, 5.41) is 1.71. The Morgan fingerprint density at radius 1 is 0.850 bits per heavy atom. The van der Waals surface area contributed by atoms with Crippen LogP contribution in [0.2, 0.25) is 0 Å². The van der Waals surface area contributed by atoms with Gasteiger partial charge in [0.1, 0.15) is 0 Å². The monoisotopic (exact) mass is 269 g/mol. The van der Waals surface area contributed by atoms with Crippen molar-refractivity contribution < 1.29 is 4.79 Å². The predicted molar refractivity (Wildman–Crippen MR) is 83.1 cm³/mol. The second kappa shape index (κ2) is 6.10. The molecule has 0 heterocycles. The summed E-state index contributed by atoms with van der Waals surface area (Å²) in [6.07, 6.45) is 0. The molecule has 0 saturated carbocycles. The Hall–Kier alpha value is -2.49. The Labute approximate surface area is 119 Å². The van der Waals surface area contributed by atoms with Gasteiger partial charge in [-0.2, -0.15) is 0 Å². The fourth-order valence-corrected chi connectivity index (χ4v) is 1.84. The van der Waals surface area contributed by atoms with Crippen molar-refractivity contribution >= 4 is 17.3 Å². The standard InChI is InChI=1S/C16H19N3O/c1-18(2)14-11-9-13(10-12-14)16(20)17-19(3)15-7-5-4-6-8-15/h4-12H,1-3H3,(H,17,20). The number of nitrogens with zero attached hydrogens (tertiary/aromatic N) is 2. The van der Waals surface area contributed by atoms with E-state index in [-0.39, 0.29) is 5.91 Å². The lowest BCUT2D eigenvalue weighted by atomic mass is 10.2. The van der Waals surface area contributed by atoms with Crippen LogP contribution < -0.4 is 15.3 Å². The minimum Gasteiger partial charge on any atom is -0.378 e. The second-order valence-corrected chi connectivity index (χ2v) is 4.78. The molecule has 0 aliphatic heterocycles. The van der Waals surface area contributed by atoms with Crippen molar-refractivity contribution in [3.05, 3.63) is 60.2 Å². The lowest BCUT2D eigenvalue weighted by molar-refractivity contribution is 0.0951. The first-order chi connectivity index (χ1) is 9.58. The molecule has 2 aromatic carbocycles. The lowest BCUT2D eigenvalue weighted by Crippen LogP contribution is -2.39. The maximum Gasteiger partial charge on any atom is 0.269 e.